The van der Waals surface area contributed by atoms with E-state index in [2.05, 4.69) is 25.9 Å². The number of nitrogens with zero attached hydrogens (tertiary/aromatic N) is 7. The third-order valence-corrected chi connectivity index (χ3v) is 2.81. The first-order valence-electron chi connectivity index (χ1n) is 6.53. The highest BCUT2D eigenvalue weighted by atomic mass is 16.2. The van der Waals surface area contributed by atoms with Crippen LogP contribution in [0.25, 0.3) is 0 Å². The van der Waals surface area contributed by atoms with Crippen molar-refractivity contribution in [2.75, 3.05) is 5.32 Å². The fraction of sp³-hybridized carbons (Fsp3) is 0.545. The smallest absolute Gasteiger partial charge is 0.288 e. The summed E-state index contributed by atoms with van der Waals surface area (Å²) in [7, 11) is 2.90. The number of amides is 1. The summed E-state index contributed by atoms with van der Waals surface area (Å²) in [6.45, 7) is 3.91. The maximum absolute atomic E-state index is 12.3. The minimum absolute atomic E-state index is 0.0617. The molecule has 0 aliphatic carbocycles. The number of carbonyl (C=O) groups excluding carboxylic acids is 1. The van der Waals surface area contributed by atoms with E-state index in [1.807, 2.05) is 13.8 Å². The average Bonchev–Trinajstić information content (AvgIpc) is 2.84. The lowest BCUT2D eigenvalue weighted by atomic mass is 10.2. The fourth-order valence-corrected chi connectivity index (χ4v) is 1.79. The second-order valence-electron chi connectivity index (χ2n) is 5.14. The summed E-state index contributed by atoms with van der Waals surface area (Å²) in [6.07, 6.45) is 0. The van der Waals surface area contributed by atoms with Gasteiger partial charge in [0.2, 0.25) is 11.6 Å². The van der Waals surface area contributed by atoms with Crippen molar-refractivity contribution >= 4 is 11.9 Å². The molecule has 2 aromatic rings. The second-order valence-corrected chi connectivity index (χ2v) is 5.14. The predicted molar refractivity (Wildman–Crippen MR) is 75.3 cm³/mol. The monoisotopic (exact) mass is 308 g/mol. The van der Waals surface area contributed by atoms with Gasteiger partial charge >= 0.3 is 5.69 Å². The van der Waals surface area contributed by atoms with Crippen LogP contribution in [0.15, 0.2) is 9.59 Å². The first kappa shape index (κ1) is 15.5. The summed E-state index contributed by atoms with van der Waals surface area (Å²) in [5.74, 6) is -0.655. The topological polar surface area (TPSA) is 130 Å². The summed E-state index contributed by atoms with van der Waals surface area (Å²) >= 11 is 0. The lowest BCUT2D eigenvalue weighted by Crippen LogP contribution is -2.45. The van der Waals surface area contributed by atoms with Gasteiger partial charge in [0.1, 0.15) is 0 Å². The molecule has 0 bridgehead atoms. The first-order valence-corrected chi connectivity index (χ1v) is 6.53. The molecule has 0 atom stereocenters. The van der Waals surface area contributed by atoms with Crippen molar-refractivity contribution in [3.8, 4) is 0 Å². The van der Waals surface area contributed by atoms with Crippen molar-refractivity contribution in [2.24, 2.45) is 20.0 Å². The Labute approximate surface area is 124 Å². The van der Waals surface area contributed by atoms with Gasteiger partial charge in [0.25, 0.3) is 11.5 Å². The van der Waals surface area contributed by atoms with Crippen molar-refractivity contribution in [3.05, 3.63) is 26.5 Å². The van der Waals surface area contributed by atoms with Crippen LogP contribution in [0.5, 0.6) is 0 Å². The Balaban J connectivity index is 2.45. The van der Waals surface area contributed by atoms with Crippen molar-refractivity contribution < 1.29 is 4.79 Å². The van der Waals surface area contributed by atoms with E-state index in [-0.39, 0.29) is 18.4 Å². The van der Waals surface area contributed by atoms with Gasteiger partial charge in [-0.1, -0.05) is 18.9 Å². The van der Waals surface area contributed by atoms with E-state index in [0.717, 1.165) is 9.25 Å². The van der Waals surface area contributed by atoms with Crippen LogP contribution < -0.4 is 16.6 Å². The molecule has 0 aromatic carbocycles. The van der Waals surface area contributed by atoms with Crippen molar-refractivity contribution in [2.45, 2.75) is 20.4 Å². The lowest BCUT2D eigenvalue weighted by Gasteiger charge is -2.10. The highest BCUT2D eigenvalue weighted by molar-refractivity contribution is 6.01. The minimum Gasteiger partial charge on any atom is -0.288 e. The number of tetrazole rings is 1. The van der Waals surface area contributed by atoms with Crippen LogP contribution in [0.1, 0.15) is 24.3 Å². The third-order valence-electron chi connectivity index (χ3n) is 2.81. The number of rotatable bonds is 4. The van der Waals surface area contributed by atoms with Gasteiger partial charge in [0.15, 0.2) is 0 Å². The molecule has 0 spiro atoms. The molecule has 1 amide bonds. The molecule has 0 saturated carbocycles. The average molecular weight is 308 g/mol. The summed E-state index contributed by atoms with van der Waals surface area (Å²) in [4.78, 5) is 36.4. The van der Waals surface area contributed by atoms with Gasteiger partial charge in [-0.05, 0) is 16.3 Å². The number of hydrogen-bond acceptors (Lipinski definition) is 7. The van der Waals surface area contributed by atoms with Crippen LogP contribution in [0, 0.1) is 5.92 Å². The normalized spacial score (nSPS) is 11.0. The molecule has 0 saturated heterocycles. The van der Waals surface area contributed by atoms with Gasteiger partial charge in [-0.15, -0.1) is 0 Å². The van der Waals surface area contributed by atoms with Crippen LogP contribution in [-0.4, -0.2) is 40.5 Å². The van der Waals surface area contributed by atoms with E-state index in [1.54, 1.807) is 0 Å². The molecule has 11 nitrogen and oxygen atoms in total. The zero-order valence-corrected chi connectivity index (χ0v) is 12.6. The number of anilines is 1. The van der Waals surface area contributed by atoms with Gasteiger partial charge in [-0.3, -0.25) is 19.5 Å². The predicted octanol–water partition coefficient (Wildman–Crippen LogP) is -1.63. The Kier molecular flexibility index (Phi) is 4.15. The number of hydrogen-bond donors (Lipinski definition) is 1. The van der Waals surface area contributed by atoms with E-state index < -0.39 is 22.9 Å². The Morgan fingerprint density at radius 2 is 1.91 bits per heavy atom. The Morgan fingerprint density at radius 3 is 2.45 bits per heavy atom. The van der Waals surface area contributed by atoms with Gasteiger partial charge < -0.3 is 0 Å². The molecule has 0 aliphatic heterocycles. The molecule has 2 heterocycles. The summed E-state index contributed by atoms with van der Waals surface area (Å²) in [5, 5.41) is 16.6. The lowest BCUT2D eigenvalue weighted by molar-refractivity contribution is 0.101. The summed E-state index contributed by atoms with van der Waals surface area (Å²) in [6, 6.07) is 0. The zero-order valence-electron chi connectivity index (χ0n) is 12.6. The Hall–Kier alpha value is -2.85. The quantitative estimate of drug-likeness (QED) is 0.718. The van der Waals surface area contributed by atoms with Crippen LogP contribution in [0.3, 0.4) is 0 Å². The third kappa shape index (κ3) is 2.92. The highest BCUT2D eigenvalue weighted by Crippen LogP contribution is 1.99. The highest BCUT2D eigenvalue weighted by Gasteiger charge is 2.20. The minimum atomic E-state index is -0.781. The molecule has 2 aromatic heterocycles. The molecule has 0 aliphatic rings. The molecular weight excluding hydrogens is 292 g/mol. The molecule has 11 heteroatoms. The van der Waals surface area contributed by atoms with Crippen molar-refractivity contribution in [1.29, 1.82) is 0 Å². The maximum atomic E-state index is 12.3. The molecule has 2 rings (SSSR count). The van der Waals surface area contributed by atoms with E-state index in [0.29, 0.717) is 0 Å². The van der Waals surface area contributed by atoms with Gasteiger partial charge in [-0.25, -0.2) is 14.2 Å². The molecular formula is C11H16N8O3. The standard InChI is InChI=1S/C11H16N8O3/c1-6(2)5-19-9(21)7(14-18(4)11(19)22)8(20)12-10-13-15-16-17(10)3/h6H,5H2,1-4H3,(H,12,13,16,20). The fourth-order valence-electron chi connectivity index (χ4n) is 1.79. The summed E-state index contributed by atoms with van der Waals surface area (Å²) < 4.78 is 3.17. The van der Waals surface area contributed by atoms with Gasteiger partial charge in [0, 0.05) is 20.6 Å². The Bertz CT molecular complexity index is 815. The molecule has 1 N–H and O–H groups in total. The number of aromatic nitrogens is 7. The van der Waals surface area contributed by atoms with Crippen molar-refractivity contribution in [1.82, 2.24) is 34.6 Å². The van der Waals surface area contributed by atoms with Gasteiger partial charge in [0.05, 0.1) is 0 Å². The molecule has 0 fully saturated rings. The van der Waals surface area contributed by atoms with E-state index in [1.165, 1.54) is 18.8 Å². The van der Waals surface area contributed by atoms with Gasteiger partial charge in [-0.2, -0.15) is 5.10 Å². The van der Waals surface area contributed by atoms with Crippen LogP contribution >= 0.6 is 0 Å². The van der Waals surface area contributed by atoms with E-state index in [4.69, 9.17) is 0 Å². The molecule has 0 radical (unpaired) electrons. The first-order chi connectivity index (χ1) is 10.3. The maximum Gasteiger partial charge on any atom is 0.347 e. The molecule has 0 unspecified atom stereocenters. The largest absolute Gasteiger partial charge is 0.347 e. The van der Waals surface area contributed by atoms with Crippen molar-refractivity contribution in [3.63, 3.8) is 0 Å². The molecule has 118 valence electrons. The second kappa shape index (κ2) is 5.87. The number of nitrogens with one attached hydrogen (secondary N) is 1. The van der Waals surface area contributed by atoms with Crippen LogP contribution in [0.4, 0.5) is 5.95 Å². The Morgan fingerprint density at radius 1 is 1.23 bits per heavy atom. The van der Waals surface area contributed by atoms with E-state index in [9.17, 15) is 14.4 Å². The number of carbonyl (C=O) groups is 1. The molecule has 22 heavy (non-hydrogen) atoms. The SMILES string of the molecule is CC(C)Cn1c(=O)c(C(=O)Nc2nnnn2C)nn(C)c1=O. The van der Waals surface area contributed by atoms with Crippen LogP contribution in [-0.2, 0) is 20.6 Å². The zero-order chi connectivity index (χ0) is 16.4. The number of aryl methyl sites for hydroxylation is 2. The van der Waals surface area contributed by atoms with Crippen LogP contribution in [0.2, 0.25) is 0 Å². The van der Waals surface area contributed by atoms with E-state index >= 15 is 0 Å². The summed E-state index contributed by atoms with van der Waals surface area (Å²) in [5.41, 5.74) is -1.72.